The molecule has 0 heterocycles. The van der Waals surface area contributed by atoms with Gasteiger partial charge >= 0.3 is 0 Å². The Labute approximate surface area is 118 Å². The molecule has 2 heteroatoms. The molecule has 1 aliphatic carbocycles. The molecule has 0 amide bonds. The van der Waals surface area contributed by atoms with E-state index in [1.807, 2.05) is 0 Å². The summed E-state index contributed by atoms with van der Waals surface area (Å²) in [4.78, 5) is 0. The van der Waals surface area contributed by atoms with E-state index in [0.717, 1.165) is 44.9 Å². The minimum absolute atomic E-state index is 0.124. The van der Waals surface area contributed by atoms with E-state index in [-0.39, 0.29) is 18.1 Å². The largest absolute Gasteiger partial charge is 0.396 e. The summed E-state index contributed by atoms with van der Waals surface area (Å²) in [6.07, 6.45) is 11.2. The van der Waals surface area contributed by atoms with Gasteiger partial charge in [0.15, 0.2) is 0 Å². The van der Waals surface area contributed by atoms with Gasteiger partial charge in [0.25, 0.3) is 0 Å². The quantitative estimate of drug-likeness (QED) is 0.684. The second-order valence-electron chi connectivity index (χ2n) is 6.34. The second kappa shape index (κ2) is 7.86. The van der Waals surface area contributed by atoms with Crippen molar-refractivity contribution in [1.82, 2.24) is 0 Å². The number of hydrogen-bond donors (Lipinski definition) is 2. The van der Waals surface area contributed by atoms with Gasteiger partial charge in [-0.25, -0.2) is 0 Å². The number of aliphatic hydroxyl groups excluding tert-OH is 2. The van der Waals surface area contributed by atoms with Crippen LogP contribution in [0.3, 0.4) is 0 Å². The fourth-order valence-electron chi connectivity index (χ4n) is 2.97. The molecule has 2 atom stereocenters. The Morgan fingerprint density at radius 2 is 1.95 bits per heavy atom. The van der Waals surface area contributed by atoms with E-state index in [9.17, 15) is 10.2 Å². The lowest BCUT2D eigenvalue weighted by atomic mass is 9.80. The van der Waals surface area contributed by atoms with Crippen LogP contribution in [0.1, 0.15) is 65.7 Å². The van der Waals surface area contributed by atoms with Crippen molar-refractivity contribution in [3.05, 3.63) is 23.3 Å². The Bertz CT molecular complexity index is 326. The van der Waals surface area contributed by atoms with Gasteiger partial charge in [0.2, 0.25) is 0 Å². The molecule has 110 valence electrons. The van der Waals surface area contributed by atoms with E-state index in [1.165, 1.54) is 11.1 Å². The molecule has 1 rings (SSSR count). The third-order valence-electron chi connectivity index (χ3n) is 4.40. The number of hydrogen-bond acceptors (Lipinski definition) is 2. The summed E-state index contributed by atoms with van der Waals surface area (Å²) < 4.78 is 0. The van der Waals surface area contributed by atoms with Crippen molar-refractivity contribution in [3.8, 4) is 0 Å². The number of allylic oxidation sites excluding steroid dienone is 4. The minimum Gasteiger partial charge on any atom is -0.396 e. The van der Waals surface area contributed by atoms with Crippen LogP contribution in [0.2, 0.25) is 0 Å². The molecule has 2 nitrogen and oxygen atoms in total. The molecule has 0 saturated heterocycles. The van der Waals surface area contributed by atoms with Gasteiger partial charge in [-0.05, 0) is 59.3 Å². The van der Waals surface area contributed by atoms with Gasteiger partial charge in [-0.2, -0.15) is 0 Å². The first-order valence-electron chi connectivity index (χ1n) is 7.58. The van der Waals surface area contributed by atoms with Crippen molar-refractivity contribution >= 4 is 0 Å². The van der Waals surface area contributed by atoms with Crippen LogP contribution in [0.4, 0.5) is 0 Å². The SMILES string of the molecule is CC(C)=CCC/C(C)=C/CC[C@@]1(CO)CCC[C@H]1O. The second-order valence-corrected chi connectivity index (χ2v) is 6.34. The summed E-state index contributed by atoms with van der Waals surface area (Å²) >= 11 is 0. The van der Waals surface area contributed by atoms with Gasteiger partial charge in [0, 0.05) is 5.41 Å². The first-order chi connectivity index (χ1) is 9.00. The van der Waals surface area contributed by atoms with Crippen LogP contribution < -0.4 is 0 Å². The van der Waals surface area contributed by atoms with Crippen LogP contribution in [-0.2, 0) is 0 Å². The number of aliphatic hydroxyl groups is 2. The number of rotatable bonds is 7. The van der Waals surface area contributed by atoms with Gasteiger partial charge in [-0.3, -0.25) is 0 Å². The van der Waals surface area contributed by atoms with Crippen LogP contribution >= 0.6 is 0 Å². The molecular weight excluding hydrogens is 236 g/mol. The summed E-state index contributed by atoms with van der Waals surface area (Å²) in [5, 5.41) is 19.6. The lowest BCUT2D eigenvalue weighted by Crippen LogP contribution is -2.33. The maximum atomic E-state index is 10.0. The van der Waals surface area contributed by atoms with E-state index in [1.54, 1.807) is 0 Å². The smallest absolute Gasteiger partial charge is 0.0618 e. The lowest BCUT2D eigenvalue weighted by molar-refractivity contribution is 0.00105. The molecule has 0 bridgehead atoms. The van der Waals surface area contributed by atoms with Gasteiger partial charge < -0.3 is 10.2 Å². The molecule has 0 aromatic rings. The summed E-state index contributed by atoms with van der Waals surface area (Å²) in [6.45, 7) is 6.56. The third kappa shape index (κ3) is 5.12. The van der Waals surface area contributed by atoms with Crippen molar-refractivity contribution in [2.75, 3.05) is 6.61 Å². The van der Waals surface area contributed by atoms with Gasteiger partial charge in [0.1, 0.15) is 0 Å². The summed E-state index contributed by atoms with van der Waals surface area (Å²) in [5.41, 5.74) is 2.57. The van der Waals surface area contributed by atoms with Crippen molar-refractivity contribution in [1.29, 1.82) is 0 Å². The molecule has 0 unspecified atom stereocenters. The first-order valence-corrected chi connectivity index (χ1v) is 7.58. The Kier molecular flexibility index (Phi) is 6.81. The molecule has 0 radical (unpaired) electrons. The highest BCUT2D eigenvalue weighted by Crippen LogP contribution is 2.41. The van der Waals surface area contributed by atoms with E-state index in [0.29, 0.717) is 0 Å². The minimum atomic E-state index is -0.308. The molecule has 0 aliphatic heterocycles. The molecule has 0 aromatic heterocycles. The predicted molar refractivity (Wildman–Crippen MR) is 81.0 cm³/mol. The maximum Gasteiger partial charge on any atom is 0.0618 e. The Balaban J connectivity index is 2.37. The molecule has 1 saturated carbocycles. The van der Waals surface area contributed by atoms with Crippen LogP contribution in [0.25, 0.3) is 0 Å². The van der Waals surface area contributed by atoms with E-state index >= 15 is 0 Å². The van der Waals surface area contributed by atoms with E-state index in [2.05, 4.69) is 32.9 Å². The van der Waals surface area contributed by atoms with Crippen molar-refractivity contribution in [3.63, 3.8) is 0 Å². The van der Waals surface area contributed by atoms with Crippen LogP contribution in [0.15, 0.2) is 23.3 Å². The normalized spacial score (nSPS) is 27.6. The molecule has 1 fully saturated rings. The Morgan fingerprint density at radius 1 is 1.21 bits per heavy atom. The molecule has 0 aromatic carbocycles. The Morgan fingerprint density at radius 3 is 2.47 bits per heavy atom. The van der Waals surface area contributed by atoms with Crippen LogP contribution in [-0.4, -0.2) is 22.9 Å². The highest BCUT2D eigenvalue weighted by molar-refractivity contribution is 5.03. The average molecular weight is 266 g/mol. The van der Waals surface area contributed by atoms with Gasteiger partial charge in [0.05, 0.1) is 12.7 Å². The van der Waals surface area contributed by atoms with Crippen molar-refractivity contribution in [2.45, 2.75) is 71.8 Å². The topological polar surface area (TPSA) is 40.5 Å². The summed E-state index contributed by atoms with van der Waals surface area (Å²) in [7, 11) is 0. The van der Waals surface area contributed by atoms with Gasteiger partial charge in [-0.1, -0.05) is 29.7 Å². The van der Waals surface area contributed by atoms with Crippen molar-refractivity contribution < 1.29 is 10.2 Å². The highest BCUT2D eigenvalue weighted by atomic mass is 16.3. The third-order valence-corrected chi connectivity index (χ3v) is 4.40. The van der Waals surface area contributed by atoms with Crippen LogP contribution in [0, 0.1) is 5.41 Å². The molecule has 19 heavy (non-hydrogen) atoms. The molecule has 2 N–H and O–H groups in total. The highest BCUT2D eigenvalue weighted by Gasteiger charge is 2.40. The molecule has 1 aliphatic rings. The van der Waals surface area contributed by atoms with E-state index < -0.39 is 0 Å². The molecule has 0 spiro atoms. The standard InChI is InChI=1S/C17H30O2/c1-14(2)7-4-8-15(3)9-5-11-17(13-18)12-6-10-16(17)19/h7,9,16,18-19H,4-6,8,10-13H2,1-3H3/b15-9+/t16-,17+/m1/s1. The zero-order valence-electron chi connectivity index (χ0n) is 12.8. The van der Waals surface area contributed by atoms with Crippen molar-refractivity contribution in [2.24, 2.45) is 5.41 Å². The zero-order chi connectivity index (χ0) is 14.3. The predicted octanol–water partition coefficient (Wildman–Crippen LogP) is 3.98. The van der Waals surface area contributed by atoms with E-state index in [4.69, 9.17) is 0 Å². The summed E-state index contributed by atoms with van der Waals surface area (Å²) in [6, 6.07) is 0. The monoisotopic (exact) mass is 266 g/mol. The lowest BCUT2D eigenvalue weighted by Gasteiger charge is -2.30. The fourth-order valence-corrected chi connectivity index (χ4v) is 2.97. The van der Waals surface area contributed by atoms with Gasteiger partial charge in [-0.15, -0.1) is 0 Å². The Hall–Kier alpha value is -0.600. The maximum absolute atomic E-state index is 10.0. The fraction of sp³-hybridized carbons (Fsp3) is 0.765. The first kappa shape index (κ1) is 16.5. The van der Waals surface area contributed by atoms with Crippen LogP contribution in [0.5, 0.6) is 0 Å². The zero-order valence-corrected chi connectivity index (χ0v) is 12.8. The summed E-state index contributed by atoms with van der Waals surface area (Å²) in [5.74, 6) is 0. The molecular formula is C17H30O2. The average Bonchev–Trinajstić information content (AvgIpc) is 2.71.